The second-order valence-electron chi connectivity index (χ2n) is 6.74. The van der Waals surface area contributed by atoms with Crippen LogP contribution >= 0.6 is 0 Å². The minimum Gasteiger partial charge on any atom is -0.326 e. The largest absolute Gasteiger partial charge is 0.326 e. The van der Waals surface area contributed by atoms with Gasteiger partial charge in [0.05, 0.1) is 18.0 Å². The summed E-state index contributed by atoms with van der Waals surface area (Å²) in [5, 5.41) is 2.92. The average molecular weight is 338 g/mol. The molecule has 0 saturated carbocycles. The van der Waals surface area contributed by atoms with E-state index in [-0.39, 0.29) is 30.0 Å². The van der Waals surface area contributed by atoms with Gasteiger partial charge in [0.2, 0.25) is 11.8 Å². The Morgan fingerprint density at radius 1 is 1.28 bits per heavy atom. The Balaban J connectivity index is 1.57. The van der Waals surface area contributed by atoms with E-state index in [1.807, 2.05) is 24.0 Å². The first kappa shape index (κ1) is 15.8. The summed E-state index contributed by atoms with van der Waals surface area (Å²) in [5.41, 5.74) is 4.65. The van der Waals surface area contributed by atoms with Gasteiger partial charge in [-0.1, -0.05) is 12.1 Å². The van der Waals surface area contributed by atoms with Crippen molar-refractivity contribution in [3.8, 4) is 0 Å². The zero-order valence-corrected chi connectivity index (χ0v) is 14.0. The maximum absolute atomic E-state index is 13.0. The second-order valence-corrected chi connectivity index (χ2v) is 6.74. The topological polar surface area (TPSA) is 49.4 Å². The van der Waals surface area contributed by atoms with Crippen LogP contribution in [0, 0.1) is 5.82 Å². The lowest BCUT2D eigenvalue weighted by atomic mass is 9.96. The molecule has 0 aliphatic carbocycles. The van der Waals surface area contributed by atoms with Gasteiger partial charge in [0, 0.05) is 12.2 Å². The molecule has 5 heteroatoms. The number of rotatable bonds is 3. The molecule has 4 rings (SSSR count). The summed E-state index contributed by atoms with van der Waals surface area (Å²) in [4.78, 5) is 26.6. The highest BCUT2D eigenvalue weighted by Gasteiger charge is 2.37. The van der Waals surface area contributed by atoms with Crippen LogP contribution in [0.3, 0.4) is 0 Å². The van der Waals surface area contributed by atoms with Crippen molar-refractivity contribution in [3.05, 3.63) is 58.9 Å². The number of hydrogen-bond acceptors (Lipinski definition) is 2. The van der Waals surface area contributed by atoms with Gasteiger partial charge in [-0.25, -0.2) is 4.39 Å². The van der Waals surface area contributed by atoms with Crippen LogP contribution in [-0.4, -0.2) is 18.4 Å². The normalized spacial score (nSPS) is 18.2. The van der Waals surface area contributed by atoms with Crippen molar-refractivity contribution in [2.75, 3.05) is 16.8 Å². The molecule has 25 heavy (non-hydrogen) atoms. The molecule has 0 saturated heterocycles. The Labute approximate surface area is 145 Å². The Morgan fingerprint density at radius 3 is 2.80 bits per heavy atom. The van der Waals surface area contributed by atoms with Gasteiger partial charge < -0.3 is 10.2 Å². The summed E-state index contributed by atoms with van der Waals surface area (Å²) >= 11 is 0. The standard InChI is InChI=1S/C20H19FN2O2/c1-12-17-11-16(10-14-3-2-8-23(19(14)17)20(12)25)22-18(24)9-13-4-6-15(21)7-5-13/h4-7,10-12H,2-3,8-9H2,1H3,(H,22,24). The molecule has 0 radical (unpaired) electrons. The highest BCUT2D eigenvalue weighted by Crippen LogP contribution is 2.44. The number of aryl methyl sites for hydroxylation is 1. The van der Waals surface area contributed by atoms with E-state index in [0.29, 0.717) is 0 Å². The van der Waals surface area contributed by atoms with Crippen molar-refractivity contribution < 1.29 is 14.0 Å². The van der Waals surface area contributed by atoms with Gasteiger partial charge in [-0.15, -0.1) is 0 Å². The third-order valence-corrected chi connectivity index (χ3v) is 4.98. The van der Waals surface area contributed by atoms with E-state index in [0.717, 1.165) is 47.5 Å². The number of halogens is 1. The first-order valence-corrected chi connectivity index (χ1v) is 8.55. The molecule has 2 aromatic rings. The lowest BCUT2D eigenvalue weighted by Gasteiger charge is -2.26. The summed E-state index contributed by atoms with van der Waals surface area (Å²) in [6.07, 6.45) is 2.05. The van der Waals surface area contributed by atoms with Gasteiger partial charge in [0.15, 0.2) is 0 Å². The highest BCUT2D eigenvalue weighted by molar-refractivity contribution is 6.06. The van der Waals surface area contributed by atoms with Crippen LogP contribution in [-0.2, 0) is 22.4 Å². The maximum Gasteiger partial charge on any atom is 0.234 e. The maximum atomic E-state index is 13.0. The van der Waals surface area contributed by atoms with Crippen molar-refractivity contribution in [1.82, 2.24) is 0 Å². The molecule has 2 heterocycles. The number of nitrogens with one attached hydrogen (secondary N) is 1. The van der Waals surface area contributed by atoms with Crippen LogP contribution in [0.25, 0.3) is 0 Å². The molecule has 1 unspecified atom stereocenters. The average Bonchev–Trinajstić information content (AvgIpc) is 2.84. The van der Waals surface area contributed by atoms with Crippen molar-refractivity contribution in [1.29, 1.82) is 0 Å². The smallest absolute Gasteiger partial charge is 0.234 e. The van der Waals surface area contributed by atoms with Crippen LogP contribution in [0.1, 0.15) is 36.0 Å². The molecular formula is C20H19FN2O2. The minimum absolute atomic E-state index is 0.144. The quantitative estimate of drug-likeness (QED) is 0.932. The Kier molecular flexibility index (Phi) is 3.79. The fourth-order valence-corrected chi connectivity index (χ4v) is 3.76. The Morgan fingerprint density at radius 2 is 2.04 bits per heavy atom. The van der Waals surface area contributed by atoms with E-state index in [1.165, 1.54) is 12.1 Å². The fraction of sp³-hybridized carbons (Fsp3) is 0.300. The number of nitrogens with zero attached hydrogens (tertiary/aromatic N) is 1. The third-order valence-electron chi connectivity index (χ3n) is 4.98. The predicted octanol–water partition coefficient (Wildman–Crippen LogP) is 3.40. The molecule has 2 aliphatic heterocycles. The Hall–Kier alpha value is -2.69. The van der Waals surface area contributed by atoms with Crippen LogP contribution < -0.4 is 10.2 Å². The van der Waals surface area contributed by atoms with Gasteiger partial charge in [0.25, 0.3) is 0 Å². The molecule has 2 aromatic carbocycles. The number of hydrogen-bond donors (Lipinski definition) is 1. The summed E-state index contributed by atoms with van der Waals surface area (Å²) in [6.45, 7) is 2.69. The third kappa shape index (κ3) is 2.80. The van der Waals surface area contributed by atoms with Gasteiger partial charge >= 0.3 is 0 Å². The molecule has 2 aliphatic rings. The molecule has 0 fully saturated rings. The first-order valence-electron chi connectivity index (χ1n) is 8.55. The van der Waals surface area contributed by atoms with Gasteiger partial charge in [-0.2, -0.15) is 0 Å². The van der Waals surface area contributed by atoms with Crippen LogP contribution in [0.15, 0.2) is 36.4 Å². The number of anilines is 2. The summed E-state index contributed by atoms with van der Waals surface area (Å²) in [6, 6.07) is 9.81. The van der Waals surface area contributed by atoms with E-state index in [2.05, 4.69) is 5.32 Å². The summed E-state index contributed by atoms with van der Waals surface area (Å²) < 4.78 is 13.0. The number of amides is 2. The van der Waals surface area contributed by atoms with Crippen LogP contribution in [0.4, 0.5) is 15.8 Å². The summed E-state index contributed by atoms with van der Waals surface area (Å²) in [7, 11) is 0. The van der Waals surface area contributed by atoms with E-state index >= 15 is 0 Å². The van der Waals surface area contributed by atoms with Crippen molar-refractivity contribution in [2.45, 2.75) is 32.1 Å². The van der Waals surface area contributed by atoms with Gasteiger partial charge in [-0.05, 0) is 60.7 Å². The van der Waals surface area contributed by atoms with E-state index in [4.69, 9.17) is 0 Å². The van der Waals surface area contributed by atoms with Crippen LogP contribution in [0.5, 0.6) is 0 Å². The monoisotopic (exact) mass is 338 g/mol. The lowest BCUT2D eigenvalue weighted by molar-refractivity contribution is -0.119. The predicted molar refractivity (Wildman–Crippen MR) is 94.3 cm³/mol. The molecule has 0 bridgehead atoms. The van der Waals surface area contributed by atoms with Crippen molar-refractivity contribution in [2.24, 2.45) is 0 Å². The molecule has 1 N–H and O–H groups in total. The van der Waals surface area contributed by atoms with Crippen LogP contribution in [0.2, 0.25) is 0 Å². The molecule has 4 nitrogen and oxygen atoms in total. The molecule has 2 amide bonds. The number of benzene rings is 2. The zero-order valence-electron chi connectivity index (χ0n) is 14.0. The first-order chi connectivity index (χ1) is 12.0. The fourth-order valence-electron chi connectivity index (χ4n) is 3.76. The van der Waals surface area contributed by atoms with E-state index in [9.17, 15) is 14.0 Å². The lowest BCUT2D eigenvalue weighted by Crippen LogP contribution is -2.32. The van der Waals surface area contributed by atoms with Crippen molar-refractivity contribution in [3.63, 3.8) is 0 Å². The minimum atomic E-state index is -0.315. The van der Waals surface area contributed by atoms with Gasteiger partial charge in [0.1, 0.15) is 5.82 Å². The SMILES string of the molecule is CC1C(=O)N2CCCc3cc(NC(=O)Cc4ccc(F)cc4)cc1c32. The van der Waals surface area contributed by atoms with E-state index < -0.39 is 0 Å². The Bertz CT molecular complexity index is 861. The molecule has 128 valence electrons. The summed E-state index contributed by atoms with van der Waals surface area (Å²) in [5.74, 6) is -0.486. The van der Waals surface area contributed by atoms with E-state index in [1.54, 1.807) is 12.1 Å². The highest BCUT2D eigenvalue weighted by atomic mass is 19.1. The molecular weight excluding hydrogens is 319 g/mol. The second kappa shape index (κ2) is 5.99. The molecule has 0 aromatic heterocycles. The zero-order chi connectivity index (χ0) is 17.6. The van der Waals surface area contributed by atoms with Gasteiger partial charge in [-0.3, -0.25) is 9.59 Å². The number of carbonyl (C=O) groups excluding carboxylic acids is 2. The van der Waals surface area contributed by atoms with Crippen molar-refractivity contribution >= 4 is 23.2 Å². The number of carbonyl (C=O) groups is 2. The molecule has 1 atom stereocenters. The molecule has 0 spiro atoms.